The molecule has 0 radical (unpaired) electrons. The molecule has 1 aromatic carbocycles. The first-order valence-corrected chi connectivity index (χ1v) is 10.00. The van der Waals surface area contributed by atoms with Gasteiger partial charge in [-0.05, 0) is 35.2 Å². The third-order valence-electron chi connectivity index (χ3n) is 3.89. The Morgan fingerprint density at radius 1 is 1.18 bits per heavy atom. The second-order valence-corrected chi connectivity index (χ2v) is 7.63. The van der Waals surface area contributed by atoms with E-state index < -0.39 is 5.97 Å². The van der Waals surface area contributed by atoms with Crippen molar-refractivity contribution in [2.24, 2.45) is 0 Å². The number of fused-ring (bicyclic) bond motifs is 1. The molecule has 0 atom stereocenters. The number of rotatable bonds is 5. The van der Waals surface area contributed by atoms with Crippen LogP contribution in [0.25, 0.3) is 16.6 Å². The Labute approximate surface area is 167 Å². The van der Waals surface area contributed by atoms with Crippen LogP contribution >= 0.6 is 22.7 Å². The molecule has 5 nitrogen and oxygen atoms in total. The highest BCUT2D eigenvalue weighted by Crippen LogP contribution is 2.25. The fourth-order valence-electron chi connectivity index (χ4n) is 2.57. The summed E-state index contributed by atoms with van der Waals surface area (Å²) in [4.78, 5) is 30.4. The van der Waals surface area contributed by atoms with Crippen LogP contribution in [-0.2, 0) is 16.1 Å². The topological polar surface area (TPSA) is 60.7 Å². The highest BCUT2D eigenvalue weighted by Gasteiger charge is 2.16. The summed E-state index contributed by atoms with van der Waals surface area (Å²) in [7, 11) is 0. The smallest absolute Gasteiger partial charge is 0.339 e. The van der Waals surface area contributed by atoms with Gasteiger partial charge >= 0.3 is 5.97 Å². The Hall–Kier alpha value is -3.10. The Kier molecular flexibility index (Phi) is 5.14. The number of thiazole rings is 1. The zero-order valence-electron chi connectivity index (χ0n) is 14.4. The Bertz CT molecular complexity index is 1210. The first-order valence-electron chi connectivity index (χ1n) is 8.24. The molecule has 0 spiro atoms. The predicted molar refractivity (Wildman–Crippen MR) is 108 cm³/mol. The van der Waals surface area contributed by atoms with Crippen LogP contribution in [-0.4, -0.2) is 15.4 Å². The molecule has 140 valence electrons. The number of carbonyl (C=O) groups is 1. The standard InChI is InChI=1S/C20H13FN2O3S2/c21-14-5-3-13(4-6-14)10-16(17-2-1-8-27-17)19(25)26-12-15-11-18(24)23-7-9-28-20(23)22-15/h1-11H,12H2. The van der Waals surface area contributed by atoms with E-state index in [1.54, 1.807) is 29.8 Å². The largest absolute Gasteiger partial charge is 0.456 e. The van der Waals surface area contributed by atoms with Gasteiger partial charge in [0.2, 0.25) is 0 Å². The number of hydrogen-bond donors (Lipinski definition) is 0. The summed E-state index contributed by atoms with van der Waals surface area (Å²) in [6.07, 6.45) is 3.30. The molecule has 0 aliphatic heterocycles. The van der Waals surface area contributed by atoms with Crippen molar-refractivity contribution >= 4 is 45.3 Å². The minimum absolute atomic E-state index is 0.116. The van der Waals surface area contributed by atoms with E-state index >= 15 is 0 Å². The SMILES string of the molecule is O=C(OCc1cc(=O)n2ccsc2n1)C(=Cc1ccc(F)cc1)c1cccs1. The first kappa shape index (κ1) is 18.3. The summed E-state index contributed by atoms with van der Waals surface area (Å²) in [5, 5.41) is 3.62. The van der Waals surface area contributed by atoms with Crippen LogP contribution in [0.5, 0.6) is 0 Å². The van der Waals surface area contributed by atoms with Gasteiger partial charge in [0, 0.05) is 22.5 Å². The van der Waals surface area contributed by atoms with Gasteiger partial charge in [0.25, 0.3) is 5.56 Å². The summed E-state index contributed by atoms with van der Waals surface area (Å²) >= 11 is 2.73. The maximum Gasteiger partial charge on any atom is 0.339 e. The number of thiophene rings is 1. The molecule has 0 fully saturated rings. The van der Waals surface area contributed by atoms with E-state index in [0.29, 0.717) is 21.8 Å². The van der Waals surface area contributed by atoms with Gasteiger partial charge in [0.15, 0.2) is 4.96 Å². The maximum atomic E-state index is 13.1. The molecule has 0 bridgehead atoms. The number of aromatic nitrogens is 2. The van der Waals surface area contributed by atoms with Gasteiger partial charge in [-0.3, -0.25) is 9.20 Å². The summed E-state index contributed by atoms with van der Waals surface area (Å²) in [6.45, 7) is -0.116. The van der Waals surface area contributed by atoms with E-state index in [1.165, 1.54) is 45.3 Å². The summed E-state index contributed by atoms with van der Waals surface area (Å²) < 4.78 is 20.0. The average Bonchev–Trinajstić information content (AvgIpc) is 3.37. The molecular weight excluding hydrogens is 399 g/mol. The van der Waals surface area contributed by atoms with Crippen molar-refractivity contribution in [1.29, 1.82) is 0 Å². The van der Waals surface area contributed by atoms with Crippen LogP contribution < -0.4 is 5.56 Å². The molecule has 0 saturated carbocycles. The third-order valence-corrected chi connectivity index (χ3v) is 5.55. The zero-order valence-corrected chi connectivity index (χ0v) is 16.0. The van der Waals surface area contributed by atoms with Crippen LogP contribution in [0, 0.1) is 5.82 Å². The van der Waals surface area contributed by atoms with E-state index in [2.05, 4.69) is 4.98 Å². The number of hydrogen-bond acceptors (Lipinski definition) is 6. The van der Waals surface area contributed by atoms with Crippen LogP contribution in [0.2, 0.25) is 0 Å². The summed E-state index contributed by atoms with van der Waals surface area (Å²) in [6, 6.07) is 10.8. The number of nitrogens with zero attached hydrogens (tertiary/aromatic N) is 2. The van der Waals surface area contributed by atoms with Gasteiger partial charge in [-0.1, -0.05) is 18.2 Å². The predicted octanol–water partition coefficient (Wildman–Crippen LogP) is 4.24. The van der Waals surface area contributed by atoms with E-state index in [-0.39, 0.29) is 18.0 Å². The Morgan fingerprint density at radius 2 is 2.00 bits per heavy atom. The quantitative estimate of drug-likeness (QED) is 0.363. The van der Waals surface area contributed by atoms with Crippen molar-refractivity contribution in [2.45, 2.75) is 6.61 Å². The van der Waals surface area contributed by atoms with E-state index in [0.717, 1.165) is 4.88 Å². The fraction of sp³-hybridized carbons (Fsp3) is 0.0500. The highest BCUT2D eigenvalue weighted by atomic mass is 32.1. The summed E-state index contributed by atoms with van der Waals surface area (Å²) in [5.74, 6) is -0.890. The van der Waals surface area contributed by atoms with Crippen molar-refractivity contribution in [3.8, 4) is 0 Å². The van der Waals surface area contributed by atoms with E-state index in [4.69, 9.17) is 4.74 Å². The minimum atomic E-state index is -0.542. The Morgan fingerprint density at radius 3 is 2.75 bits per heavy atom. The minimum Gasteiger partial charge on any atom is -0.456 e. The normalized spacial score (nSPS) is 11.7. The van der Waals surface area contributed by atoms with Gasteiger partial charge in [-0.25, -0.2) is 14.2 Å². The number of carbonyl (C=O) groups excluding carboxylic acids is 1. The van der Waals surface area contributed by atoms with Gasteiger partial charge in [0.05, 0.1) is 11.3 Å². The van der Waals surface area contributed by atoms with Crippen molar-refractivity contribution in [2.75, 3.05) is 0 Å². The lowest BCUT2D eigenvalue weighted by molar-refractivity contribution is -0.137. The zero-order chi connectivity index (χ0) is 19.5. The molecule has 0 amide bonds. The lowest BCUT2D eigenvalue weighted by Crippen LogP contribution is -2.15. The molecule has 4 rings (SSSR count). The maximum absolute atomic E-state index is 13.1. The molecule has 0 unspecified atom stereocenters. The average molecular weight is 412 g/mol. The number of halogens is 1. The van der Waals surface area contributed by atoms with Crippen molar-refractivity contribution in [3.63, 3.8) is 0 Å². The van der Waals surface area contributed by atoms with Crippen LogP contribution in [0.3, 0.4) is 0 Å². The third kappa shape index (κ3) is 3.92. The summed E-state index contributed by atoms with van der Waals surface area (Å²) in [5.41, 5.74) is 1.19. The molecule has 0 saturated heterocycles. The van der Waals surface area contributed by atoms with Gasteiger partial charge in [-0.15, -0.1) is 22.7 Å². The van der Waals surface area contributed by atoms with Gasteiger partial charge in [-0.2, -0.15) is 0 Å². The second kappa shape index (κ2) is 7.87. The molecule has 28 heavy (non-hydrogen) atoms. The molecule has 0 aliphatic carbocycles. The monoisotopic (exact) mass is 412 g/mol. The lowest BCUT2D eigenvalue weighted by Gasteiger charge is -2.07. The molecule has 0 N–H and O–H groups in total. The fourth-order valence-corrected chi connectivity index (χ4v) is 4.04. The van der Waals surface area contributed by atoms with Crippen molar-refractivity contribution in [1.82, 2.24) is 9.38 Å². The van der Waals surface area contributed by atoms with Crippen LogP contribution in [0.1, 0.15) is 16.1 Å². The van der Waals surface area contributed by atoms with Gasteiger partial charge < -0.3 is 4.74 Å². The molecule has 8 heteroatoms. The highest BCUT2D eigenvalue weighted by molar-refractivity contribution is 7.15. The number of esters is 1. The molecule has 3 heterocycles. The first-order chi connectivity index (χ1) is 13.6. The van der Waals surface area contributed by atoms with E-state index in [1.807, 2.05) is 17.5 Å². The van der Waals surface area contributed by atoms with Crippen molar-refractivity contribution in [3.05, 3.63) is 91.7 Å². The second-order valence-electron chi connectivity index (χ2n) is 5.80. The number of ether oxygens (including phenoxy) is 1. The van der Waals surface area contributed by atoms with E-state index in [9.17, 15) is 14.0 Å². The molecular formula is C20H13FN2O3S2. The number of benzene rings is 1. The molecule has 0 aliphatic rings. The van der Waals surface area contributed by atoms with Crippen molar-refractivity contribution < 1.29 is 13.9 Å². The van der Waals surface area contributed by atoms with Crippen LogP contribution in [0.15, 0.2) is 64.2 Å². The Balaban J connectivity index is 1.58. The van der Waals surface area contributed by atoms with Gasteiger partial charge in [0.1, 0.15) is 12.4 Å². The molecule has 3 aromatic heterocycles. The molecule has 4 aromatic rings. The lowest BCUT2D eigenvalue weighted by atomic mass is 10.1. The van der Waals surface area contributed by atoms with Crippen LogP contribution in [0.4, 0.5) is 4.39 Å².